The molecule has 0 spiro atoms. The van der Waals surface area contributed by atoms with E-state index >= 15 is 0 Å². The molecule has 4 aliphatic rings. The maximum Gasteiger partial charge on any atom is 0.343 e. The molecule has 0 unspecified atom stereocenters. The molecule has 1 saturated carbocycles. The second-order valence-corrected chi connectivity index (χ2v) is 28.5. The largest absolute Gasteiger partial charge is 0.461 e. The normalized spacial score (nSPS) is 33.1. The van der Waals surface area contributed by atoms with E-state index in [0.717, 1.165) is 24.0 Å². The van der Waals surface area contributed by atoms with Crippen LogP contribution in [0.4, 0.5) is 5.69 Å². The molecule has 95 heavy (non-hydrogen) atoms. The van der Waals surface area contributed by atoms with Crippen LogP contribution in [0.2, 0.25) is 5.02 Å². The first-order valence-corrected chi connectivity index (χ1v) is 34.3. The van der Waals surface area contributed by atoms with Gasteiger partial charge in [0.2, 0.25) is 5.43 Å². The smallest absolute Gasteiger partial charge is 0.343 e. The summed E-state index contributed by atoms with van der Waals surface area (Å²) >= 11 is 6.85. The Hall–Kier alpha value is -5.15. The van der Waals surface area contributed by atoms with Crippen molar-refractivity contribution in [1.29, 1.82) is 0 Å². The van der Waals surface area contributed by atoms with Crippen molar-refractivity contribution in [1.82, 2.24) is 19.3 Å². The highest BCUT2D eigenvalue weighted by molar-refractivity contribution is 6.34. The van der Waals surface area contributed by atoms with Crippen molar-refractivity contribution in [3.8, 4) is 0 Å². The van der Waals surface area contributed by atoms with Crippen molar-refractivity contribution < 1.29 is 77.4 Å². The molecule has 4 aromatic rings. The maximum atomic E-state index is 14.7. The van der Waals surface area contributed by atoms with E-state index in [4.69, 9.17) is 54.2 Å². The van der Waals surface area contributed by atoms with Crippen molar-refractivity contribution in [2.45, 2.75) is 224 Å². The number of halogens is 1. The third-order valence-electron chi connectivity index (χ3n) is 19.9. The molecule has 1 aromatic heterocycles. The number of ether oxygens (including phenoxy) is 9. The molecule has 528 valence electrons. The van der Waals surface area contributed by atoms with E-state index in [1.807, 2.05) is 85.8 Å². The molecule has 0 bridgehead atoms. The van der Waals surface area contributed by atoms with Crippen molar-refractivity contribution in [2.75, 3.05) is 73.0 Å². The average Bonchev–Trinajstić information content (AvgIpc) is 1.75. The molecule has 0 amide bonds. The Kier molecular flexibility index (Phi) is 26.4. The molecule has 3 aromatic carbocycles. The summed E-state index contributed by atoms with van der Waals surface area (Å²) in [6.07, 6.45) is -6.14. The first kappa shape index (κ1) is 75.6. The molecule has 3 saturated heterocycles. The zero-order valence-electron chi connectivity index (χ0n) is 58.1. The number of methoxy groups -OCH3 is 1. The number of aliphatic hydroxyl groups excluding tert-OH is 2. The van der Waals surface area contributed by atoms with Crippen LogP contribution >= 0.6 is 11.6 Å². The molecule has 4 heterocycles. The van der Waals surface area contributed by atoms with E-state index < -0.39 is 113 Å². The van der Waals surface area contributed by atoms with Gasteiger partial charge >= 0.3 is 17.9 Å². The molecular weight excluding hydrogens is 1240 g/mol. The molecule has 4 fully saturated rings. The lowest BCUT2D eigenvalue weighted by Gasteiger charge is -2.49. The number of fused-ring (bicyclic) bond motifs is 1. The van der Waals surface area contributed by atoms with E-state index in [1.165, 1.54) is 14.0 Å². The van der Waals surface area contributed by atoms with Crippen molar-refractivity contribution >= 4 is 46.1 Å². The zero-order valence-corrected chi connectivity index (χ0v) is 58.9. The Bertz CT molecular complexity index is 3170. The molecular formula is C72H106ClN5O17. The lowest BCUT2D eigenvalue weighted by Crippen LogP contribution is -2.61. The number of hydrogen-bond donors (Lipinski definition) is 5. The summed E-state index contributed by atoms with van der Waals surface area (Å²) in [7, 11) is 7.06. The van der Waals surface area contributed by atoms with Crippen LogP contribution in [0, 0.1) is 17.8 Å². The number of hydrogen-bond acceptors (Lipinski definition) is 21. The van der Waals surface area contributed by atoms with E-state index in [1.54, 1.807) is 66.8 Å². The van der Waals surface area contributed by atoms with Crippen molar-refractivity contribution in [3.63, 3.8) is 0 Å². The molecule has 22 nitrogen and oxygen atoms in total. The first-order valence-electron chi connectivity index (χ1n) is 33.9. The average molecular weight is 1350 g/mol. The van der Waals surface area contributed by atoms with Gasteiger partial charge < -0.3 is 82.7 Å². The minimum atomic E-state index is -1.88. The fourth-order valence-electron chi connectivity index (χ4n) is 14.2. The number of esters is 3. The highest BCUT2D eigenvalue weighted by Gasteiger charge is 2.54. The molecule has 23 heteroatoms. The van der Waals surface area contributed by atoms with Crippen LogP contribution in [-0.2, 0) is 65.3 Å². The SMILES string of the molecule is CC[C@H]1OC(=O)[C@H](C)[C@@H](O[C@H]2C[C@@](C)(OC)[C@@H](OC(=O)CCOCCNc3cc4c(=O)c(C(=O)OCCN(Cc5ccccc5)Cc5ccccc5)cn(C5CC5)c4cc3Cl)[C@H](C)O2)[C@H](C)[C@@H](O[C@@H]2O[C@H](C)C[C@H](N(C)C)[C@H]2O)[C@](C)(O)C[C@@H](C)CN(C)[C@H](C)[C@@H](O)[C@]1(C)O. The van der Waals surface area contributed by atoms with Gasteiger partial charge in [0.25, 0.3) is 0 Å². The van der Waals surface area contributed by atoms with E-state index in [2.05, 4.69) is 34.5 Å². The van der Waals surface area contributed by atoms with Gasteiger partial charge in [0.15, 0.2) is 18.7 Å². The Morgan fingerprint density at radius 3 is 2.12 bits per heavy atom. The number of cyclic esters (lactones) is 1. The summed E-state index contributed by atoms with van der Waals surface area (Å²) in [5, 5.41) is 52.4. The van der Waals surface area contributed by atoms with E-state index in [0.29, 0.717) is 54.2 Å². The van der Waals surface area contributed by atoms with Crippen LogP contribution in [-0.4, -0.2) is 216 Å². The number of aliphatic hydroxyl groups is 4. The minimum Gasteiger partial charge on any atom is -0.461 e. The van der Waals surface area contributed by atoms with Crippen LogP contribution in [0.5, 0.6) is 0 Å². The van der Waals surface area contributed by atoms with Gasteiger partial charge in [-0.05, 0) is 131 Å². The Morgan fingerprint density at radius 1 is 0.853 bits per heavy atom. The van der Waals surface area contributed by atoms with Gasteiger partial charge in [-0.2, -0.15) is 0 Å². The van der Waals surface area contributed by atoms with Gasteiger partial charge in [-0.3, -0.25) is 19.3 Å². The molecule has 1 aliphatic carbocycles. The van der Waals surface area contributed by atoms with Crippen LogP contribution < -0.4 is 10.7 Å². The fraction of sp³-hybridized carbons (Fsp3) is 0.667. The Labute approximate surface area is 565 Å². The number of nitrogens with one attached hydrogen (secondary N) is 1. The molecule has 3 aliphatic heterocycles. The summed E-state index contributed by atoms with van der Waals surface area (Å²) < 4.78 is 58.8. The van der Waals surface area contributed by atoms with Crippen LogP contribution in [0.25, 0.3) is 10.9 Å². The summed E-state index contributed by atoms with van der Waals surface area (Å²) in [5.41, 5.74) is -1.92. The van der Waals surface area contributed by atoms with Crippen molar-refractivity contribution in [2.24, 2.45) is 17.8 Å². The number of anilines is 1. The highest BCUT2D eigenvalue weighted by atomic mass is 35.5. The first-order chi connectivity index (χ1) is 45.0. The molecule has 18 atom stereocenters. The monoisotopic (exact) mass is 1350 g/mol. The number of carbonyl (C=O) groups excluding carboxylic acids is 3. The molecule has 0 radical (unpaired) electrons. The number of nitrogens with zero attached hydrogens (tertiary/aromatic N) is 4. The summed E-state index contributed by atoms with van der Waals surface area (Å²) in [6, 6.07) is 22.7. The Balaban J connectivity index is 0.910. The highest BCUT2D eigenvalue weighted by Crippen LogP contribution is 2.42. The lowest BCUT2D eigenvalue weighted by atomic mass is 9.77. The van der Waals surface area contributed by atoms with Gasteiger partial charge in [-0.25, -0.2) is 4.79 Å². The predicted molar refractivity (Wildman–Crippen MR) is 361 cm³/mol. The number of benzene rings is 3. The quantitative estimate of drug-likeness (QED) is 0.0252. The summed E-state index contributed by atoms with van der Waals surface area (Å²) in [4.78, 5) is 62.4. The third kappa shape index (κ3) is 19.0. The molecule has 8 rings (SSSR count). The topological polar surface area (TPSA) is 259 Å². The second-order valence-electron chi connectivity index (χ2n) is 28.1. The van der Waals surface area contributed by atoms with Gasteiger partial charge in [0, 0.05) is 81.9 Å². The Morgan fingerprint density at radius 2 is 1.51 bits per heavy atom. The van der Waals surface area contributed by atoms with E-state index in [-0.39, 0.29) is 81.7 Å². The van der Waals surface area contributed by atoms with E-state index in [9.17, 15) is 39.6 Å². The number of rotatable bonds is 24. The molecule has 5 N–H and O–H groups in total. The van der Waals surface area contributed by atoms with Crippen LogP contribution in [0.3, 0.4) is 0 Å². The zero-order chi connectivity index (χ0) is 69.3. The van der Waals surface area contributed by atoms with Crippen LogP contribution in [0.1, 0.15) is 142 Å². The van der Waals surface area contributed by atoms with Gasteiger partial charge in [0.05, 0.1) is 71.8 Å². The van der Waals surface area contributed by atoms with Gasteiger partial charge in [-0.15, -0.1) is 0 Å². The summed E-state index contributed by atoms with van der Waals surface area (Å²) in [6.45, 7) is 20.1. The maximum absolute atomic E-state index is 14.7. The standard InChI is InChI=1S/C72H106ClN5O17/c1-15-58-72(10,86)64(82)47(6)76(13)39-43(2)37-70(8,85)65(95-69-62(81)57(75(11)12)34-44(3)90-69)45(4)63(46(5)67(83)92-58)94-60-38-71(9,87-14)66(48(7)91-60)93-59(79)28-31-88-32-29-74-55-35-52-56(36-54(55)73)78(51-26-27-51)42-53(61(52)80)68(84)89-33-30-77(40-49-22-18-16-19-23-49)41-50-24-20-17-21-25-50/h16-25,35-36,42-48,51,57-58,60,62-66,69,74,81-82,85-86H,15,26-34,37-41H2,1-14H3/t43-,44-,45+,46-,47-,48+,57+,58-,60+,62-,63+,64-,65-,66+,69+,70-,71-,72-/m1/s1. The number of carbonyl (C=O) groups is 3. The number of aromatic nitrogens is 1. The van der Waals surface area contributed by atoms with Gasteiger partial charge in [0.1, 0.15) is 41.7 Å². The second kappa shape index (κ2) is 33.1. The van der Waals surface area contributed by atoms with Crippen molar-refractivity contribution in [3.05, 3.63) is 111 Å². The lowest BCUT2D eigenvalue weighted by molar-refractivity contribution is -0.318. The number of pyridine rings is 1. The number of likely N-dealkylation sites (N-methyl/N-ethyl adjacent to an activating group) is 2. The van der Waals surface area contributed by atoms with Crippen LogP contribution in [0.15, 0.2) is 83.8 Å². The van der Waals surface area contributed by atoms with Gasteiger partial charge in [-0.1, -0.05) is 93.0 Å². The third-order valence-corrected chi connectivity index (χ3v) is 20.2. The predicted octanol–water partition coefficient (Wildman–Crippen LogP) is 8.13. The summed E-state index contributed by atoms with van der Waals surface area (Å²) in [5.74, 6) is -4.22. The minimum absolute atomic E-state index is 0.00279. The fourth-order valence-corrected chi connectivity index (χ4v) is 14.4.